The molecular weight excluding hydrogens is 234 g/mol. The SMILES string of the molecule is NCC(O)c1nc(-c2cc3ccccc3o2)no1. The molecule has 92 valence electrons. The second-order valence-electron chi connectivity index (χ2n) is 3.86. The van der Waals surface area contributed by atoms with Gasteiger partial charge in [0.05, 0.1) is 0 Å². The normalized spacial score (nSPS) is 13.0. The van der Waals surface area contributed by atoms with Crippen molar-refractivity contribution in [3.05, 3.63) is 36.2 Å². The average molecular weight is 245 g/mol. The van der Waals surface area contributed by atoms with Gasteiger partial charge in [0.2, 0.25) is 5.82 Å². The Morgan fingerprint density at radius 3 is 2.94 bits per heavy atom. The largest absolute Gasteiger partial charge is 0.453 e. The predicted octanol–water partition coefficient (Wildman–Crippen LogP) is 1.47. The van der Waals surface area contributed by atoms with Gasteiger partial charge in [0.1, 0.15) is 11.7 Å². The summed E-state index contributed by atoms with van der Waals surface area (Å²) in [5.74, 6) is 0.886. The summed E-state index contributed by atoms with van der Waals surface area (Å²) in [6.07, 6.45) is -0.948. The van der Waals surface area contributed by atoms with Crippen LogP contribution in [0.1, 0.15) is 12.0 Å². The topological polar surface area (TPSA) is 98.3 Å². The molecule has 1 unspecified atom stereocenters. The van der Waals surface area contributed by atoms with Crippen LogP contribution in [0.5, 0.6) is 0 Å². The molecule has 0 aliphatic heterocycles. The number of aliphatic hydroxyl groups is 1. The van der Waals surface area contributed by atoms with Crippen molar-refractivity contribution < 1.29 is 14.0 Å². The van der Waals surface area contributed by atoms with E-state index in [4.69, 9.17) is 14.7 Å². The van der Waals surface area contributed by atoms with Gasteiger partial charge in [0.15, 0.2) is 5.76 Å². The van der Waals surface area contributed by atoms with Gasteiger partial charge in [-0.2, -0.15) is 4.98 Å². The molecule has 0 aliphatic carbocycles. The van der Waals surface area contributed by atoms with E-state index in [1.165, 1.54) is 0 Å². The Balaban J connectivity index is 2.01. The molecule has 2 aromatic heterocycles. The Labute approximate surface area is 102 Å². The summed E-state index contributed by atoms with van der Waals surface area (Å²) in [5.41, 5.74) is 6.06. The maximum Gasteiger partial charge on any atom is 0.257 e. The fourth-order valence-corrected chi connectivity index (χ4v) is 1.66. The molecule has 0 spiro atoms. The number of furan rings is 1. The molecule has 0 bridgehead atoms. The molecule has 0 amide bonds. The summed E-state index contributed by atoms with van der Waals surface area (Å²) in [7, 11) is 0. The third-order valence-corrected chi connectivity index (χ3v) is 2.60. The Bertz CT molecular complexity index is 641. The molecule has 18 heavy (non-hydrogen) atoms. The number of nitrogens with two attached hydrogens (primary N) is 1. The highest BCUT2D eigenvalue weighted by Gasteiger charge is 2.17. The molecule has 0 saturated heterocycles. The number of aliphatic hydroxyl groups excluding tert-OH is 1. The highest BCUT2D eigenvalue weighted by atomic mass is 16.5. The van der Waals surface area contributed by atoms with Crippen molar-refractivity contribution >= 4 is 11.0 Å². The number of nitrogens with zero attached hydrogens (tertiary/aromatic N) is 2. The van der Waals surface area contributed by atoms with Gasteiger partial charge in [-0.25, -0.2) is 0 Å². The summed E-state index contributed by atoms with van der Waals surface area (Å²) in [5, 5.41) is 14.2. The first-order valence-electron chi connectivity index (χ1n) is 5.48. The van der Waals surface area contributed by atoms with Gasteiger partial charge in [-0.3, -0.25) is 0 Å². The fourth-order valence-electron chi connectivity index (χ4n) is 1.66. The molecule has 1 atom stereocenters. The van der Waals surface area contributed by atoms with Crippen molar-refractivity contribution in [3.63, 3.8) is 0 Å². The Kier molecular flexibility index (Phi) is 2.58. The number of para-hydroxylation sites is 1. The zero-order valence-corrected chi connectivity index (χ0v) is 9.41. The number of rotatable bonds is 3. The first-order valence-corrected chi connectivity index (χ1v) is 5.48. The quantitative estimate of drug-likeness (QED) is 0.725. The smallest absolute Gasteiger partial charge is 0.257 e. The third kappa shape index (κ3) is 1.77. The number of hydrogen-bond donors (Lipinski definition) is 2. The summed E-state index contributed by atoms with van der Waals surface area (Å²) in [4.78, 5) is 4.04. The first kappa shape index (κ1) is 10.9. The van der Waals surface area contributed by atoms with Gasteiger partial charge in [-0.05, 0) is 12.1 Å². The highest BCUT2D eigenvalue weighted by molar-refractivity contribution is 5.81. The van der Waals surface area contributed by atoms with E-state index < -0.39 is 6.10 Å². The molecule has 0 fully saturated rings. The van der Waals surface area contributed by atoms with Crippen molar-refractivity contribution in [2.75, 3.05) is 6.54 Å². The van der Waals surface area contributed by atoms with Crippen LogP contribution in [0.3, 0.4) is 0 Å². The number of fused-ring (bicyclic) bond motifs is 1. The lowest BCUT2D eigenvalue weighted by molar-refractivity contribution is 0.141. The van der Waals surface area contributed by atoms with E-state index in [-0.39, 0.29) is 12.4 Å². The summed E-state index contributed by atoms with van der Waals surface area (Å²) < 4.78 is 10.5. The molecule has 0 radical (unpaired) electrons. The maximum atomic E-state index is 9.48. The standard InChI is InChI=1S/C12H11N3O3/c13-6-8(16)12-14-11(15-18-12)10-5-7-3-1-2-4-9(7)17-10/h1-5,8,16H,6,13H2. The van der Waals surface area contributed by atoms with E-state index in [9.17, 15) is 5.11 Å². The zero-order chi connectivity index (χ0) is 12.5. The van der Waals surface area contributed by atoms with E-state index in [1.807, 2.05) is 30.3 Å². The van der Waals surface area contributed by atoms with Crippen LogP contribution in [0, 0.1) is 0 Å². The van der Waals surface area contributed by atoms with Gasteiger partial charge in [0, 0.05) is 11.9 Å². The Morgan fingerprint density at radius 2 is 2.17 bits per heavy atom. The van der Waals surface area contributed by atoms with Gasteiger partial charge in [0.25, 0.3) is 5.89 Å². The lowest BCUT2D eigenvalue weighted by Crippen LogP contribution is -2.11. The third-order valence-electron chi connectivity index (χ3n) is 2.60. The van der Waals surface area contributed by atoms with Crippen LogP contribution >= 0.6 is 0 Å². The monoisotopic (exact) mass is 245 g/mol. The number of hydrogen-bond acceptors (Lipinski definition) is 6. The van der Waals surface area contributed by atoms with Gasteiger partial charge in [-0.15, -0.1) is 0 Å². The molecule has 3 N–H and O–H groups in total. The second-order valence-corrected chi connectivity index (χ2v) is 3.86. The summed E-state index contributed by atoms with van der Waals surface area (Å²) in [6.45, 7) is 0.0295. The lowest BCUT2D eigenvalue weighted by atomic mass is 10.2. The molecule has 0 aliphatic rings. The number of aromatic nitrogens is 2. The van der Waals surface area contributed by atoms with Crippen molar-refractivity contribution in [1.82, 2.24) is 10.1 Å². The van der Waals surface area contributed by atoms with E-state index in [0.29, 0.717) is 11.6 Å². The Hall–Kier alpha value is -2.18. The van der Waals surface area contributed by atoms with Crippen molar-refractivity contribution in [1.29, 1.82) is 0 Å². The average Bonchev–Trinajstić information content (AvgIpc) is 3.03. The maximum absolute atomic E-state index is 9.48. The van der Waals surface area contributed by atoms with E-state index in [0.717, 1.165) is 11.0 Å². The van der Waals surface area contributed by atoms with Gasteiger partial charge >= 0.3 is 0 Å². The second kappa shape index (κ2) is 4.25. The predicted molar refractivity (Wildman–Crippen MR) is 63.5 cm³/mol. The summed E-state index contributed by atoms with van der Waals surface area (Å²) >= 11 is 0. The van der Waals surface area contributed by atoms with Crippen molar-refractivity contribution in [2.24, 2.45) is 5.73 Å². The van der Waals surface area contributed by atoms with Crippen LogP contribution in [0.25, 0.3) is 22.6 Å². The van der Waals surface area contributed by atoms with Gasteiger partial charge < -0.3 is 19.8 Å². The summed E-state index contributed by atoms with van der Waals surface area (Å²) in [6, 6.07) is 9.41. The highest BCUT2D eigenvalue weighted by Crippen LogP contribution is 2.26. The minimum absolute atomic E-state index is 0.0295. The van der Waals surface area contributed by atoms with Crippen molar-refractivity contribution in [3.8, 4) is 11.6 Å². The first-order chi connectivity index (χ1) is 8.78. The minimum Gasteiger partial charge on any atom is -0.453 e. The van der Waals surface area contributed by atoms with Gasteiger partial charge in [-0.1, -0.05) is 23.4 Å². The van der Waals surface area contributed by atoms with Crippen LogP contribution in [-0.2, 0) is 0 Å². The Morgan fingerprint density at radius 1 is 1.33 bits per heavy atom. The molecule has 6 nitrogen and oxygen atoms in total. The van der Waals surface area contributed by atoms with Crippen LogP contribution in [0.4, 0.5) is 0 Å². The molecule has 1 aromatic carbocycles. The fraction of sp³-hybridized carbons (Fsp3) is 0.167. The van der Waals surface area contributed by atoms with Crippen LogP contribution < -0.4 is 5.73 Å². The van der Waals surface area contributed by atoms with E-state index in [2.05, 4.69) is 10.1 Å². The molecule has 2 heterocycles. The lowest BCUT2D eigenvalue weighted by Gasteiger charge is -1.97. The molecular formula is C12H11N3O3. The molecule has 0 saturated carbocycles. The van der Waals surface area contributed by atoms with Crippen LogP contribution in [0.2, 0.25) is 0 Å². The number of benzene rings is 1. The molecule has 6 heteroatoms. The van der Waals surface area contributed by atoms with E-state index in [1.54, 1.807) is 0 Å². The molecule has 3 aromatic rings. The molecule has 3 rings (SSSR count). The van der Waals surface area contributed by atoms with E-state index >= 15 is 0 Å². The van der Waals surface area contributed by atoms with Crippen molar-refractivity contribution in [2.45, 2.75) is 6.10 Å². The van der Waals surface area contributed by atoms with Crippen LogP contribution in [0.15, 0.2) is 39.3 Å². The zero-order valence-electron chi connectivity index (χ0n) is 9.41. The minimum atomic E-state index is -0.948. The van der Waals surface area contributed by atoms with Crippen LogP contribution in [-0.4, -0.2) is 21.8 Å².